The molecule has 0 unspecified atom stereocenters. The Balaban J connectivity index is 1.89. The van der Waals surface area contributed by atoms with Crippen molar-refractivity contribution in [3.05, 3.63) is 72.3 Å². The van der Waals surface area contributed by atoms with Gasteiger partial charge in [-0.2, -0.15) is 0 Å². The Hall–Kier alpha value is -3.09. The van der Waals surface area contributed by atoms with Gasteiger partial charge in [-0.3, -0.25) is 4.79 Å². The minimum absolute atomic E-state index is 0.315. The van der Waals surface area contributed by atoms with E-state index in [9.17, 15) is 9.18 Å². The fraction of sp³-hybridized carbons (Fsp3) is 0.0667. The van der Waals surface area contributed by atoms with E-state index in [0.29, 0.717) is 5.69 Å². The van der Waals surface area contributed by atoms with Gasteiger partial charge in [-0.05, 0) is 40.3 Å². The first-order chi connectivity index (χ1) is 10.7. The van der Waals surface area contributed by atoms with Gasteiger partial charge in [0.25, 0.3) is 5.91 Å². The van der Waals surface area contributed by atoms with E-state index in [-0.39, 0.29) is 11.7 Å². The maximum Gasteiger partial charge on any atom is 0.253 e. The first-order valence-corrected chi connectivity index (χ1v) is 6.58. The van der Waals surface area contributed by atoms with Gasteiger partial charge in [-0.25, -0.2) is 9.07 Å². The third kappa shape index (κ3) is 2.98. The molecule has 22 heavy (non-hydrogen) atoms. The average molecular weight is 297 g/mol. The van der Waals surface area contributed by atoms with E-state index in [1.54, 1.807) is 0 Å². The Bertz CT molecular complexity index is 743. The molecule has 1 amide bonds. The molecule has 0 saturated heterocycles. The maximum atomic E-state index is 12.9. The lowest BCUT2D eigenvalue weighted by molar-refractivity contribution is -0.118. The number of nitrogens with one attached hydrogen (secondary N) is 1. The second-order valence-electron chi connectivity index (χ2n) is 4.60. The van der Waals surface area contributed by atoms with Crippen LogP contribution in [-0.2, 0) is 4.79 Å². The molecule has 7 heteroatoms. The van der Waals surface area contributed by atoms with Crippen LogP contribution in [0.15, 0.2) is 60.9 Å². The van der Waals surface area contributed by atoms with Crippen LogP contribution in [0.1, 0.15) is 11.6 Å². The quantitative estimate of drug-likeness (QED) is 0.800. The van der Waals surface area contributed by atoms with E-state index < -0.39 is 6.04 Å². The van der Waals surface area contributed by atoms with Crippen LogP contribution >= 0.6 is 0 Å². The van der Waals surface area contributed by atoms with Gasteiger partial charge in [0.2, 0.25) is 0 Å². The highest BCUT2D eigenvalue weighted by Gasteiger charge is 2.23. The van der Waals surface area contributed by atoms with Crippen molar-refractivity contribution >= 4 is 11.6 Å². The standard InChI is InChI=1S/C15H12FN5O/c16-12-6-8-13(9-7-12)18-15(22)14(21-10-17-19-20-21)11-4-2-1-3-5-11/h1-10,14H,(H,18,22)/t14-/m1/s1. The van der Waals surface area contributed by atoms with Crippen LogP contribution in [0.25, 0.3) is 0 Å². The number of carbonyl (C=O) groups excluding carboxylic acids is 1. The number of amides is 1. The van der Waals surface area contributed by atoms with Crippen molar-refractivity contribution in [2.75, 3.05) is 5.32 Å². The molecule has 110 valence electrons. The topological polar surface area (TPSA) is 72.7 Å². The van der Waals surface area contributed by atoms with Gasteiger partial charge in [-0.15, -0.1) is 5.10 Å². The van der Waals surface area contributed by atoms with Crippen LogP contribution < -0.4 is 5.32 Å². The van der Waals surface area contributed by atoms with Crippen molar-refractivity contribution in [2.24, 2.45) is 0 Å². The summed E-state index contributed by atoms with van der Waals surface area (Å²) in [6, 6.07) is 14.0. The van der Waals surface area contributed by atoms with Crippen LogP contribution in [0.3, 0.4) is 0 Å². The number of carbonyl (C=O) groups is 1. The Morgan fingerprint density at radius 3 is 2.45 bits per heavy atom. The van der Waals surface area contributed by atoms with E-state index in [4.69, 9.17) is 0 Å². The monoisotopic (exact) mass is 297 g/mol. The summed E-state index contributed by atoms with van der Waals surface area (Å²) in [5.74, 6) is -0.678. The predicted molar refractivity (Wildman–Crippen MR) is 77.4 cm³/mol. The van der Waals surface area contributed by atoms with E-state index in [1.807, 2.05) is 30.3 Å². The summed E-state index contributed by atoms with van der Waals surface area (Å²) < 4.78 is 14.3. The number of halogens is 1. The Kier molecular flexibility index (Phi) is 3.86. The normalized spacial score (nSPS) is 11.9. The molecule has 0 aliphatic heterocycles. The fourth-order valence-corrected chi connectivity index (χ4v) is 2.09. The van der Waals surface area contributed by atoms with Crippen molar-refractivity contribution in [1.29, 1.82) is 0 Å². The van der Waals surface area contributed by atoms with Crippen molar-refractivity contribution in [3.63, 3.8) is 0 Å². The van der Waals surface area contributed by atoms with Crippen molar-refractivity contribution < 1.29 is 9.18 Å². The molecule has 0 aliphatic carbocycles. The van der Waals surface area contributed by atoms with Crippen LogP contribution in [-0.4, -0.2) is 26.1 Å². The Morgan fingerprint density at radius 1 is 1.09 bits per heavy atom. The molecule has 1 N–H and O–H groups in total. The lowest BCUT2D eigenvalue weighted by Crippen LogP contribution is -2.27. The minimum atomic E-state index is -0.707. The summed E-state index contributed by atoms with van der Waals surface area (Å²) in [6.45, 7) is 0. The number of benzene rings is 2. The van der Waals surface area contributed by atoms with Crippen LogP contribution in [0, 0.1) is 5.82 Å². The molecule has 3 aromatic rings. The molecule has 0 fully saturated rings. The number of aromatic nitrogens is 4. The maximum absolute atomic E-state index is 12.9. The van der Waals surface area contributed by atoms with Gasteiger partial charge in [0.05, 0.1) is 0 Å². The van der Waals surface area contributed by atoms with Gasteiger partial charge < -0.3 is 5.32 Å². The minimum Gasteiger partial charge on any atom is -0.324 e. The molecular weight excluding hydrogens is 285 g/mol. The molecule has 0 bridgehead atoms. The van der Waals surface area contributed by atoms with Crippen molar-refractivity contribution in [3.8, 4) is 0 Å². The molecule has 1 heterocycles. The molecule has 2 aromatic carbocycles. The van der Waals surface area contributed by atoms with Crippen LogP contribution in [0.4, 0.5) is 10.1 Å². The number of rotatable bonds is 4. The molecular formula is C15H12FN5O. The zero-order valence-electron chi connectivity index (χ0n) is 11.4. The first kappa shape index (κ1) is 13.9. The number of anilines is 1. The van der Waals surface area contributed by atoms with Gasteiger partial charge in [-0.1, -0.05) is 30.3 Å². The van der Waals surface area contributed by atoms with E-state index in [1.165, 1.54) is 35.3 Å². The van der Waals surface area contributed by atoms with Crippen molar-refractivity contribution in [2.45, 2.75) is 6.04 Å². The summed E-state index contributed by atoms with van der Waals surface area (Å²) in [5, 5.41) is 13.7. The van der Waals surface area contributed by atoms with E-state index in [0.717, 1.165) is 5.56 Å². The molecule has 0 spiro atoms. The van der Waals surface area contributed by atoms with Crippen molar-refractivity contribution in [1.82, 2.24) is 20.2 Å². The highest BCUT2D eigenvalue weighted by atomic mass is 19.1. The van der Waals surface area contributed by atoms with Gasteiger partial charge in [0.15, 0.2) is 6.04 Å². The SMILES string of the molecule is O=C(Nc1ccc(F)cc1)[C@@H](c1ccccc1)n1cnnn1. The number of tetrazole rings is 1. The summed E-state index contributed by atoms with van der Waals surface area (Å²) in [7, 11) is 0. The molecule has 0 aliphatic rings. The second-order valence-corrected chi connectivity index (χ2v) is 4.60. The molecule has 1 atom stereocenters. The molecule has 1 aromatic heterocycles. The van der Waals surface area contributed by atoms with E-state index in [2.05, 4.69) is 20.8 Å². The number of hydrogen-bond donors (Lipinski definition) is 1. The lowest BCUT2D eigenvalue weighted by atomic mass is 10.1. The molecule has 0 radical (unpaired) electrons. The smallest absolute Gasteiger partial charge is 0.253 e. The summed E-state index contributed by atoms with van der Waals surface area (Å²) in [6.07, 6.45) is 1.38. The zero-order chi connectivity index (χ0) is 15.4. The van der Waals surface area contributed by atoms with Crippen LogP contribution in [0.2, 0.25) is 0 Å². The number of hydrogen-bond acceptors (Lipinski definition) is 4. The molecule has 6 nitrogen and oxygen atoms in total. The van der Waals surface area contributed by atoms with Gasteiger partial charge >= 0.3 is 0 Å². The number of nitrogens with zero attached hydrogens (tertiary/aromatic N) is 4. The first-order valence-electron chi connectivity index (χ1n) is 6.58. The summed E-state index contributed by atoms with van der Waals surface area (Å²) in [4.78, 5) is 12.6. The largest absolute Gasteiger partial charge is 0.324 e. The van der Waals surface area contributed by atoms with Crippen LogP contribution in [0.5, 0.6) is 0 Å². The molecule has 0 saturated carbocycles. The van der Waals surface area contributed by atoms with E-state index >= 15 is 0 Å². The Morgan fingerprint density at radius 2 is 1.82 bits per heavy atom. The highest BCUT2D eigenvalue weighted by Crippen LogP contribution is 2.19. The second kappa shape index (κ2) is 6.13. The zero-order valence-corrected chi connectivity index (χ0v) is 11.4. The summed E-state index contributed by atoms with van der Waals surface area (Å²) >= 11 is 0. The average Bonchev–Trinajstić information content (AvgIpc) is 3.05. The Labute approximate surface area is 125 Å². The van der Waals surface area contributed by atoms with Gasteiger partial charge in [0.1, 0.15) is 12.1 Å². The lowest BCUT2D eigenvalue weighted by Gasteiger charge is -2.16. The molecule has 3 rings (SSSR count). The fourth-order valence-electron chi connectivity index (χ4n) is 2.09. The highest BCUT2D eigenvalue weighted by molar-refractivity contribution is 5.95. The third-order valence-corrected chi connectivity index (χ3v) is 3.10. The predicted octanol–water partition coefficient (Wildman–Crippen LogP) is 2.04. The third-order valence-electron chi connectivity index (χ3n) is 3.10. The van der Waals surface area contributed by atoms with Gasteiger partial charge in [0, 0.05) is 5.69 Å². The summed E-state index contributed by atoms with van der Waals surface area (Å²) in [5.41, 5.74) is 1.25.